The van der Waals surface area contributed by atoms with E-state index in [1.807, 2.05) is 19.9 Å². The van der Waals surface area contributed by atoms with Gasteiger partial charge in [0.25, 0.3) is 5.56 Å². The molecule has 1 N–H and O–H groups in total. The van der Waals surface area contributed by atoms with Gasteiger partial charge in [-0.2, -0.15) is 5.26 Å². The first-order chi connectivity index (χ1) is 12.8. The van der Waals surface area contributed by atoms with Crippen molar-refractivity contribution in [1.29, 1.82) is 5.26 Å². The van der Waals surface area contributed by atoms with E-state index in [0.717, 1.165) is 10.4 Å². The van der Waals surface area contributed by atoms with Crippen LogP contribution in [0.15, 0.2) is 34.2 Å². The lowest BCUT2D eigenvalue weighted by atomic mass is 10.2. The summed E-state index contributed by atoms with van der Waals surface area (Å²) in [4.78, 5) is 31.6. The second-order valence-corrected chi connectivity index (χ2v) is 8.68. The van der Waals surface area contributed by atoms with Gasteiger partial charge in [0.1, 0.15) is 4.83 Å². The van der Waals surface area contributed by atoms with Crippen LogP contribution in [0.4, 0.5) is 5.69 Å². The summed E-state index contributed by atoms with van der Waals surface area (Å²) in [5.41, 5.74) is 1.90. The first-order valence-electron chi connectivity index (χ1n) is 8.26. The molecule has 2 heterocycles. The monoisotopic (exact) mass is 398 g/mol. The van der Waals surface area contributed by atoms with E-state index in [-0.39, 0.29) is 11.5 Å². The second kappa shape index (κ2) is 7.55. The van der Waals surface area contributed by atoms with E-state index in [4.69, 9.17) is 5.26 Å². The number of amides is 1. The van der Waals surface area contributed by atoms with Crippen LogP contribution in [0.25, 0.3) is 10.2 Å². The smallest absolute Gasteiger partial charge is 0.262 e. The SMILES string of the molecule is Cc1sc2nc(SC(C)C(=O)Nc3cccc(C#N)c3)n(C)c(=O)c2c1C. The van der Waals surface area contributed by atoms with Gasteiger partial charge >= 0.3 is 0 Å². The maximum absolute atomic E-state index is 12.7. The molecule has 0 spiro atoms. The zero-order chi connectivity index (χ0) is 19.7. The molecular weight excluding hydrogens is 380 g/mol. The molecule has 0 bridgehead atoms. The predicted molar refractivity (Wildman–Crippen MR) is 109 cm³/mol. The van der Waals surface area contributed by atoms with Crippen LogP contribution < -0.4 is 10.9 Å². The summed E-state index contributed by atoms with van der Waals surface area (Å²) < 4.78 is 1.49. The Hall–Kier alpha value is -2.63. The van der Waals surface area contributed by atoms with E-state index in [2.05, 4.69) is 10.3 Å². The van der Waals surface area contributed by atoms with Crippen molar-refractivity contribution >= 4 is 44.9 Å². The number of nitrogens with one attached hydrogen (secondary N) is 1. The number of nitrogens with zero attached hydrogens (tertiary/aromatic N) is 3. The third-order valence-electron chi connectivity index (χ3n) is 4.28. The van der Waals surface area contributed by atoms with Crippen LogP contribution in [0.2, 0.25) is 0 Å². The number of hydrogen-bond acceptors (Lipinski definition) is 6. The fraction of sp³-hybridized carbons (Fsp3) is 0.263. The number of carbonyl (C=O) groups excluding carboxylic acids is 1. The highest BCUT2D eigenvalue weighted by molar-refractivity contribution is 8.00. The lowest BCUT2D eigenvalue weighted by Crippen LogP contribution is -2.25. The molecular formula is C19H18N4O2S2. The number of aromatic nitrogens is 2. The van der Waals surface area contributed by atoms with Crippen molar-refractivity contribution in [2.24, 2.45) is 7.05 Å². The third-order valence-corrected chi connectivity index (χ3v) is 6.52. The summed E-state index contributed by atoms with van der Waals surface area (Å²) >= 11 is 2.72. The van der Waals surface area contributed by atoms with Crippen molar-refractivity contribution in [3.05, 3.63) is 50.6 Å². The lowest BCUT2D eigenvalue weighted by molar-refractivity contribution is -0.115. The highest BCUT2D eigenvalue weighted by Crippen LogP contribution is 2.29. The molecule has 0 radical (unpaired) electrons. The number of thioether (sulfide) groups is 1. The molecule has 1 atom stereocenters. The molecule has 0 aliphatic carbocycles. The summed E-state index contributed by atoms with van der Waals surface area (Å²) in [6.07, 6.45) is 0. The summed E-state index contributed by atoms with van der Waals surface area (Å²) in [6, 6.07) is 8.78. The molecule has 0 aliphatic rings. The van der Waals surface area contributed by atoms with Crippen LogP contribution in [0.1, 0.15) is 22.9 Å². The minimum atomic E-state index is -0.464. The number of hydrogen-bond donors (Lipinski definition) is 1. The molecule has 27 heavy (non-hydrogen) atoms. The molecule has 1 aromatic carbocycles. The van der Waals surface area contributed by atoms with Crippen LogP contribution in [-0.4, -0.2) is 20.7 Å². The van der Waals surface area contributed by atoms with Crippen molar-refractivity contribution in [3.8, 4) is 6.07 Å². The first kappa shape index (κ1) is 19.1. The van der Waals surface area contributed by atoms with Crippen LogP contribution >= 0.6 is 23.1 Å². The van der Waals surface area contributed by atoms with E-state index >= 15 is 0 Å². The largest absolute Gasteiger partial charge is 0.325 e. The second-order valence-electron chi connectivity index (χ2n) is 6.16. The number of rotatable bonds is 4. The van der Waals surface area contributed by atoms with Gasteiger partial charge in [-0.05, 0) is 44.5 Å². The van der Waals surface area contributed by atoms with E-state index in [9.17, 15) is 9.59 Å². The molecule has 8 heteroatoms. The van der Waals surface area contributed by atoms with Gasteiger partial charge in [-0.25, -0.2) is 4.98 Å². The Bertz CT molecular complexity index is 1140. The quantitative estimate of drug-likeness (QED) is 0.536. The van der Waals surface area contributed by atoms with Crippen molar-refractivity contribution in [3.63, 3.8) is 0 Å². The van der Waals surface area contributed by atoms with E-state index in [1.54, 1.807) is 38.2 Å². The normalized spacial score (nSPS) is 12.0. The summed E-state index contributed by atoms with van der Waals surface area (Å²) in [5.74, 6) is -0.219. The number of nitriles is 1. The van der Waals surface area contributed by atoms with Gasteiger partial charge in [0.2, 0.25) is 5.91 Å². The van der Waals surface area contributed by atoms with Gasteiger partial charge in [-0.3, -0.25) is 14.2 Å². The summed E-state index contributed by atoms with van der Waals surface area (Å²) in [6.45, 7) is 5.66. The van der Waals surface area contributed by atoms with Crippen LogP contribution in [0.3, 0.4) is 0 Å². The Balaban J connectivity index is 1.84. The fourth-order valence-electron chi connectivity index (χ4n) is 2.58. The average Bonchev–Trinajstić information content (AvgIpc) is 2.93. The number of carbonyl (C=O) groups is 1. The first-order valence-corrected chi connectivity index (χ1v) is 9.96. The van der Waals surface area contributed by atoms with Gasteiger partial charge in [-0.15, -0.1) is 11.3 Å². The lowest BCUT2D eigenvalue weighted by Gasteiger charge is -2.13. The highest BCUT2D eigenvalue weighted by Gasteiger charge is 2.20. The summed E-state index contributed by atoms with van der Waals surface area (Å²) in [5, 5.41) is 12.4. The van der Waals surface area contributed by atoms with Crippen molar-refractivity contribution in [2.75, 3.05) is 5.32 Å². The van der Waals surface area contributed by atoms with Crippen molar-refractivity contribution in [2.45, 2.75) is 31.2 Å². The van der Waals surface area contributed by atoms with Gasteiger partial charge in [0, 0.05) is 17.6 Å². The van der Waals surface area contributed by atoms with E-state index in [0.29, 0.717) is 26.6 Å². The summed E-state index contributed by atoms with van der Waals surface area (Å²) in [7, 11) is 1.67. The van der Waals surface area contributed by atoms with Crippen molar-refractivity contribution < 1.29 is 4.79 Å². The van der Waals surface area contributed by atoms with E-state index < -0.39 is 5.25 Å². The zero-order valence-corrected chi connectivity index (χ0v) is 17.0. The van der Waals surface area contributed by atoms with E-state index in [1.165, 1.54) is 27.7 Å². The Morgan fingerprint density at radius 1 is 1.41 bits per heavy atom. The number of anilines is 1. The molecule has 0 saturated heterocycles. The fourth-order valence-corrected chi connectivity index (χ4v) is 4.53. The van der Waals surface area contributed by atoms with Crippen LogP contribution in [0, 0.1) is 25.2 Å². The van der Waals surface area contributed by atoms with Crippen molar-refractivity contribution in [1.82, 2.24) is 9.55 Å². The minimum absolute atomic E-state index is 0.0984. The number of thiophene rings is 1. The Morgan fingerprint density at radius 2 is 2.15 bits per heavy atom. The topological polar surface area (TPSA) is 87.8 Å². The predicted octanol–water partition coefficient (Wildman–Crippen LogP) is 3.60. The maximum atomic E-state index is 12.7. The van der Waals surface area contributed by atoms with Gasteiger partial charge in [0.15, 0.2) is 5.16 Å². The molecule has 0 fully saturated rings. The van der Waals surface area contributed by atoms with Crippen LogP contribution in [-0.2, 0) is 11.8 Å². The maximum Gasteiger partial charge on any atom is 0.262 e. The molecule has 1 amide bonds. The molecule has 0 aliphatic heterocycles. The Labute approximate surface area is 164 Å². The standard InChI is InChI=1S/C19H18N4O2S2/c1-10-11(2)26-17-15(10)18(25)23(4)19(22-17)27-12(3)16(24)21-14-7-5-6-13(8-14)9-20/h5-8,12H,1-4H3,(H,21,24). The van der Waals surface area contributed by atoms with Gasteiger partial charge in [0.05, 0.1) is 22.3 Å². The van der Waals surface area contributed by atoms with Gasteiger partial charge in [-0.1, -0.05) is 17.8 Å². The number of fused-ring (bicyclic) bond motifs is 1. The molecule has 2 aromatic heterocycles. The highest BCUT2D eigenvalue weighted by atomic mass is 32.2. The molecule has 1 unspecified atom stereocenters. The minimum Gasteiger partial charge on any atom is -0.325 e. The molecule has 3 rings (SSSR count). The average molecular weight is 399 g/mol. The third kappa shape index (κ3) is 3.75. The molecule has 6 nitrogen and oxygen atoms in total. The Morgan fingerprint density at radius 3 is 2.85 bits per heavy atom. The molecule has 3 aromatic rings. The number of benzene rings is 1. The Kier molecular flexibility index (Phi) is 5.35. The number of aryl methyl sites for hydroxylation is 2. The van der Waals surface area contributed by atoms with Crippen LogP contribution in [0.5, 0.6) is 0 Å². The van der Waals surface area contributed by atoms with Gasteiger partial charge < -0.3 is 5.32 Å². The molecule has 0 saturated carbocycles. The molecule has 138 valence electrons. The zero-order valence-electron chi connectivity index (χ0n) is 15.4.